The number of thiophene rings is 1. The minimum atomic E-state index is 1.16. The maximum absolute atomic E-state index is 2.49. The first-order valence-electron chi connectivity index (χ1n) is 19.5. The topological polar surface area (TPSA) is 9.86 Å². The third kappa shape index (κ3) is 5.03. The highest BCUT2D eigenvalue weighted by atomic mass is 32.1. The Morgan fingerprint density at radius 3 is 1.33 bits per heavy atom. The zero-order valence-corrected chi connectivity index (χ0v) is 31.7. The summed E-state index contributed by atoms with van der Waals surface area (Å²) in [5.74, 6) is 0. The highest BCUT2D eigenvalue weighted by molar-refractivity contribution is 7.26. The summed E-state index contributed by atoms with van der Waals surface area (Å²) in [6.07, 6.45) is 0. The Labute approximate surface area is 333 Å². The lowest BCUT2D eigenvalue weighted by atomic mass is 9.97. The molecule has 0 saturated heterocycles. The fourth-order valence-corrected chi connectivity index (χ4v) is 10.2. The largest absolute Gasteiger partial charge is 0.309 e. The van der Waals surface area contributed by atoms with Gasteiger partial charge in [0.05, 0.1) is 32.5 Å². The molecule has 0 saturated carbocycles. The van der Waals surface area contributed by atoms with Crippen molar-refractivity contribution in [3.63, 3.8) is 0 Å². The third-order valence-electron chi connectivity index (χ3n) is 11.7. The second-order valence-corrected chi connectivity index (χ2v) is 16.0. The molecule has 0 atom stereocenters. The van der Waals surface area contributed by atoms with Crippen LogP contribution in [0, 0.1) is 0 Å². The Morgan fingerprint density at radius 1 is 0.281 bits per heavy atom. The third-order valence-corrected chi connectivity index (χ3v) is 12.9. The molecule has 0 aliphatic rings. The van der Waals surface area contributed by atoms with Gasteiger partial charge in [-0.2, -0.15) is 0 Å². The van der Waals surface area contributed by atoms with Gasteiger partial charge in [0, 0.05) is 42.7 Å². The summed E-state index contributed by atoms with van der Waals surface area (Å²) in [5.41, 5.74) is 14.5. The molecule has 0 bridgehead atoms. The van der Waals surface area contributed by atoms with Gasteiger partial charge in [-0.05, 0) is 81.9 Å². The van der Waals surface area contributed by atoms with Crippen LogP contribution in [-0.2, 0) is 0 Å². The van der Waals surface area contributed by atoms with Gasteiger partial charge in [0.15, 0.2) is 0 Å². The Balaban J connectivity index is 1.02. The summed E-state index contributed by atoms with van der Waals surface area (Å²) in [6, 6.07) is 75.6. The lowest BCUT2D eigenvalue weighted by Crippen LogP contribution is -1.99. The Hall–Kier alpha value is -7.20. The molecule has 0 spiro atoms. The van der Waals surface area contributed by atoms with Crippen LogP contribution >= 0.6 is 11.3 Å². The van der Waals surface area contributed by atoms with Crippen LogP contribution in [0.5, 0.6) is 0 Å². The summed E-state index contributed by atoms with van der Waals surface area (Å²) in [7, 11) is 0. The molecule has 2 nitrogen and oxygen atoms in total. The number of nitrogens with zero attached hydrogens (tertiary/aromatic N) is 2. The zero-order valence-electron chi connectivity index (χ0n) is 30.9. The first kappa shape index (κ1) is 32.1. The van der Waals surface area contributed by atoms with E-state index in [1.54, 1.807) is 0 Å². The van der Waals surface area contributed by atoms with Crippen LogP contribution in [-0.4, -0.2) is 9.13 Å². The van der Waals surface area contributed by atoms with Gasteiger partial charge in [-0.25, -0.2) is 0 Å². The van der Waals surface area contributed by atoms with E-state index in [4.69, 9.17) is 0 Å². The van der Waals surface area contributed by atoms with Gasteiger partial charge in [-0.3, -0.25) is 0 Å². The van der Waals surface area contributed by atoms with E-state index in [2.05, 4.69) is 215 Å². The van der Waals surface area contributed by atoms with Gasteiger partial charge in [0.1, 0.15) is 0 Å². The van der Waals surface area contributed by atoms with Gasteiger partial charge in [0.2, 0.25) is 0 Å². The number of fused-ring (bicyclic) bond motifs is 9. The van der Waals surface area contributed by atoms with E-state index in [1.165, 1.54) is 103 Å². The van der Waals surface area contributed by atoms with Crippen LogP contribution in [0.15, 0.2) is 206 Å². The monoisotopic (exact) mass is 742 g/mol. The van der Waals surface area contributed by atoms with Crippen LogP contribution in [0.2, 0.25) is 0 Å². The lowest BCUT2D eigenvalue weighted by molar-refractivity contribution is 1.15. The summed E-state index contributed by atoms with van der Waals surface area (Å²) >= 11 is 1.89. The van der Waals surface area contributed by atoms with Crippen LogP contribution in [0.3, 0.4) is 0 Å². The van der Waals surface area contributed by atoms with E-state index in [9.17, 15) is 0 Å². The van der Waals surface area contributed by atoms with Gasteiger partial charge in [-0.1, -0.05) is 158 Å². The second-order valence-electron chi connectivity index (χ2n) is 14.9. The van der Waals surface area contributed by atoms with Crippen molar-refractivity contribution >= 4 is 75.1 Å². The minimum absolute atomic E-state index is 1.16. The van der Waals surface area contributed by atoms with Crippen molar-refractivity contribution in [3.05, 3.63) is 206 Å². The Morgan fingerprint density at radius 2 is 0.719 bits per heavy atom. The molecule has 0 aliphatic heterocycles. The molecular weight excluding hydrogens is 709 g/mol. The maximum atomic E-state index is 2.49. The highest BCUT2D eigenvalue weighted by Gasteiger charge is 2.20. The molecule has 12 rings (SSSR count). The van der Waals surface area contributed by atoms with E-state index in [0.717, 1.165) is 5.69 Å². The van der Waals surface area contributed by atoms with E-state index >= 15 is 0 Å². The summed E-state index contributed by atoms with van der Waals surface area (Å²) < 4.78 is 7.55. The van der Waals surface area contributed by atoms with Crippen molar-refractivity contribution in [2.75, 3.05) is 0 Å². The molecule has 0 fully saturated rings. The fraction of sp³-hybridized carbons (Fsp3) is 0. The molecule has 266 valence electrons. The smallest absolute Gasteiger partial charge is 0.0661 e. The van der Waals surface area contributed by atoms with E-state index in [1.807, 2.05) is 11.3 Å². The SMILES string of the molecule is c1ccc(-c2ccc(-c3ccc(-c4ccc5c(c4)c4ccccc4n5-c4cc(-n5c6ccccc6c6ccccc65)c5sc6ccccc6c5c4)cc3)cc2)cc1. The van der Waals surface area contributed by atoms with Gasteiger partial charge < -0.3 is 9.13 Å². The van der Waals surface area contributed by atoms with Crippen molar-refractivity contribution in [1.29, 1.82) is 0 Å². The Bertz CT molecular complexity index is 3440. The Kier molecular flexibility index (Phi) is 7.13. The average molecular weight is 743 g/mol. The van der Waals surface area contributed by atoms with Crippen molar-refractivity contribution in [2.45, 2.75) is 0 Å². The van der Waals surface area contributed by atoms with E-state index in [0.29, 0.717) is 0 Å². The number of benzene rings is 9. The number of para-hydroxylation sites is 3. The van der Waals surface area contributed by atoms with Crippen molar-refractivity contribution in [1.82, 2.24) is 9.13 Å². The van der Waals surface area contributed by atoms with E-state index in [-0.39, 0.29) is 0 Å². The quantitative estimate of drug-likeness (QED) is 0.166. The molecule has 0 amide bonds. The minimum Gasteiger partial charge on any atom is -0.309 e. The number of hydrogen-bond donors (Lipinski definition) is 0. The van der Waals surface area contributed by atoms with Crippen molar-refractivity contribution in [3.8, 4) is 44.8 Å². The molecule has 3 heteroatoms. The molecule has 0 N–H and O–H groups in total. The van der Waals surface area contributed by atoms with Crippen LogP contribution in [0.25, 0.3) is 109 Å². The van der Waals surface area contributed by atoms with Gasteiger partial charge >= 0.3 is 0 Å². The molecule has 12 aromatic rings. The van der Waals surface area contributed by atoms with Crippen molar-refractivity contribution < 1.29 is 0 Å². The molecule has 0 aliphatic carbocycles. The first-order valence-corrected chi connectivity index (χ1v) is 20.3. The standard InChI is InChI=1S/C54H34N2S/c1-2-12-35(13-3-1)36-22-24-37(25-23-36)38-26-28-39(29-27-38)40-30-31-51-46(32-40)44-16-6-8-18-48(44)55(51)41-33-47-45-17-7-11-21-53(45)57-54(47)52(34-41)56-49-19-9-4-14-42(49)43-15-5-10-20-50(43)56/h1-34H. The second kappa shape index (κ2) is 12.7. The molecule has 0 unspecified atom stereocenters. The molecular formula is C54H34N2S. The van der Waals surface area contributed by atoms with Crippen molar-refractivity contribution in [2.24, 2.45) is 0 Å². The molecule has 3 heterocycles. The van der Waals surface area contributed by atoms with Crippen LogP contribution in [0.1, 0.15) is 0 Å². The first-order chi connectivity index (χ1) is 28.3. The molecule has 57 heavy (non-hydrogen) atoms. The van der Waals surface area contributed by atoms with Gasteiger partial charge in [-0.15, -0.1) is 11.3 Å². The number of aromatic nitrogens is 2. The van der Waals surface area contributed by atoms with Crippen LogP contribution in [0.4, 0.5) is 0 Å². The summed E-state index contributed by atoms with van der Waals surface area (Å²) in [5, 5.41) is 7.61. The predicted molar refractivity (Wildman–Crippen MR) is 244 cm³/mol. The predicted octanol–water partition coefficient (Wildman–Crippen LogP) is 15.2. The average Bonchev–Trinajstić information content (AvgIpc) is 3.94. The fourth-order valence-electron chi connectivity index (χ4n) is 9.04. The van der Waals surface area contributed by atoms with Gasteiger partial charge in [0.25, 0.3) is 0 Å². The lowest BCUT2D eigenvalue weighted by Gasteiger charge is -2.15. The molecule has 0 radical (unpaired) electrons. The zero-order chi connectivity index (χ0) is 37.5. The normalized spacial score (nSPS) is 11.9. The van der Waals surface area contributed by atoms with Crippen LogP contribution < -0.4 is 0 Å². The summed E-state index contributed by atoms with van der Waals surface area (Å²) in [4.78, 5) is 0. The highest BCUT2D eigenvalue weighted by Crippen LogP contribution is 2.44. The number of rotatable bonds is 5. The maximum Gasteiger partial charge on any atom is 0.0661 e. The number of hydrogen-bond acceptors (Lipinski definition) is 1. The molecule has 3 aromatic heterocycles. The van der Waals surface area contributed by atoms with E-state index < -0.39 is 0 Å². The molecule has 9 aromatic carbocycles. The summed E-state index contributed by atoms with van der Waals surface area (Å²) in [6.45, 7) is 0.